The van der Waals surface area contributed by atoms with Crippen molar-refractivity contribution in [2.75, 3.05) is 6.61 Å². The van der Waals surface area contributed by atoms with Gasteiger partial charge in [-0.3, -0.25) is 4.79 Å². The average Bonchev–Trinajstić information content (AvgIpc) is 2.61. The molecule has 0 saturated carbocycles. The number of carboxylic acids is 1. The zero-order chi connectivity index (χ0) is 19.9. The van der Waals surface area contributed by atoms with Crippen molar-refractivity contribution in [2.45, 2.75) is 19.2 Å². The molecule has 1 unspecified atom stereocenters. The molecule has 0 heterocycles. The van der Waals surface area contributed by atoms with Crippen LogP contribution in [0.2, 0.25) is 0 Å². The number of aliphatic carboxylic acids is 1. The first kappa shape index (κ1) is 20.4. The molecule has 1 N–H and O–H groups in total. The summed E-state index contributed by atoms with van der Waals surface area (Å²) < 4.78 is 45.9. The Labute approximate surface area is 154 Å². The van der Waals surface area contributed by atoms with E-state index in [1.165, 1.54) is 24.3 Å². The van der Waals surface area contributed by atoms with E-state index < -0.39 is 18.2 Å². The largest absolute Gasteiger partial charge is 0.573 e. The molecule has 0 aliphatic heterocycles. The molecule has 0 aliphatic rings. The van der Waals surface area contributed by atoms with Crippen molar-refractivity contribution in [2.24, 2.45) is 5.92 Å². The fraction of sp³-hybridized carbons (Fsp3) is 0.250. The highest BCUT2D eigenvalue weighted by Gasteiger charge is 2.30. The summed E-state index contributed by atoms with van der Waals surface area (Å²) >= 11 is 0. The van der Waals surface area contributed by atoms with Gasteiger partial charge in [-0.05, 0) is 48.2 Å². The molecule has 0 radical (unpaired) electrons. The SMILES string of the molecule is C=CCCC(COc1ccc(-c2ccc(OC(F)(F)F)cc2)cc1)C(=O)O. The Bertz CT molecular complexity index is 752. The molecule has 7 heteroatoms. The Morgan fingerprint density at radius 3 is 2.00 bits per heavy atom. The van der Waals surface area contributed by atoms with Gasteiger partial charge in [-0.1, -0.05) is 30.3 Å². The molecule has 4 nitrogen and oxygen atoms in total. The van der Waals surface area contributed by atoms with Crippen molar-refractivity contribution in [3.05, 3.63) is 61.2 Å². The third-order valence-electron chi connectivity index (χ3n) is 3.80. The Morgan fingerprint density at radius 1 is 1.04 bits per heavy atom. The lowest BCUT2D eigenvalue weighted by molar-refractivity contribution is -0.274. The smallest absolute Gasteiger partial charge is 0.493 e. The van der Waals surface area contributed by atoms with E-state index >= 15 is 0 Å². The summed E-state index contributed by atoms with van der Waals surface area (Å²) in [5.41, 5.74) is 1.49. The van der Waals surface area contributed by atoms with Crippen molar-refractivity contribution in [3.63, 3.8) is 0 Å². The summed E-state index contributed by atoms with van der Waals surface area (Å²) in [7, 11) is 0. The monoisotopic (exact) mass is 380 g/mol. The minimum Gasteiger partial charge on any atom is -0.493 e. The van der Waals surface area contributed by atoms with Gasteiger partial charge in [0.05, 0.1) is 5.92 Å². The van der Waals surface area contributed by atoms with Gasteiger partial charge in [0, 0.05) is 0 Å². The van der Waals surface area contributed by atoms with Crippen LogP contribution in [0.25, 0.3) is 11.1 Å². The first-order valence-corrected chi connectivity index (χ1v) is 8.21. The third-order valence-corrected chi connectivity index (χ3v) is 3.80. The van der Waals surface area contributed by atoms with Crippen molar-refractivity contribution < 1.29 is 32.5 Å². The van der Waals surface area contributed by atoms with E-state index in [4.69, 9.17) is 9.84 Å². The average molecular weight is 380 g/mol. The van der Waals surface area contributed by atoms with E-state index in [0.29, 0.717) is 24.2 Å². The van der Waals surface area contributed by atoms with Crippen molar-refractivity contribution in [1.29, 1.82) is 0 Å². The molecule has 0 spiro atoms. The minimum absolute atomic E-state index is 0.0476. The molecule has 2 aromatic rings. The minimum atomic E-state index is -4.72. The van der Waals surface area contributed by atoms with E-state index in [1.54, 1.807) is 30.3 Å². The molecule has 1 atom stereocenters. The number of ether oxygens (including phenoxy) is 2. The van der Waals surface area contributed by atoms with Crippen LogP contribution in [0.15, 0.2) is 61.2 Å². The number of benzene rings is 2. The second kappa shape index (κ2) is 9.12. The third kappa shape index (κ3) is 6.69. The van der Waals surface area contributed by atoms with E-state index in [0.717, 1.165) is 5.56 Å². The number of carbonyl (C=O) groups is 1. The number of hydrogen-bond donors (Lipinski definition) is 1. The molecular formula is C20H19F3O4. The zero-order valence-electron chi connectivity index (χ0n) is 14.4. The van der Waals surface area contributed by atoms with Gasteiger partial charge in [-0.25, -0.2) is 0 Å². The van der Waals surface area contributed by atoms with Gasteiger partial charge in [0.2, 0.25) is 0 Å². The Morgan fingerprint density at radius 2 is 1.56 bits per heavy atom. The van der Waals surface area contributed by atoms with Crippen LogP contribution in [0.5, 0.6) is 11.5 Å². The highest BCUT2D eigenvalue weighted by Crippen LogP contribution is 2.27. The molecule has 2 aromatic carbocycles. The summed E-state index contributed by atoms with van der Waals surface area (Å²) in [6.45, 7) is 3.62. The van der Waals surface area contributed by atoms with Crippen LogP contribution in [0.4, 0.5) is 13.2 Å². The summed E-state index contributed by atoms with van der Waals surface area (Å²) in [6.07, 6.45) is -2.02. The Balaban J connectivity index is 1.98. The van der Waals surface area contributed by atoms with E-state index in [-0.39, 0.29) is 12.4 Å². The van der Waals surface area contributed by atoms with Gasteiger partial charge in [0.25, 0.3) is 0 Å². The molecule has 144 valence electrons. The molecule has 0 fully saturated rings. The van der Waals surface area contributed by atoms with Crippen molar-refractivity contribution in [1.82, 2.24) is 0 Å². The molecule has 0 bridgehead atoms. The lowest BCUT2D eigenvalue weighted by atomic mass is 10.0. The standard InChI is InChI=1S/C20H19F3O4/c1-2-3-4-16(19(24)25)13-26-17-9-5-14(6-10-17)15-7-11-18(12-8-15)27-20(21,22)23/h2,5-12,16H,1,3-4,13H2,(H,24,25). The summed E-state index contributed by atoms with van der Waals surface area (Å²) in [6, 6.07) is 12.4. The lowest BCUT2D eigenvalue weighted by Gasteiger charge is -2.13. The normalized spacial score (nSPS) is 12.3. The number of rotatable bonds is 9. The van der Waals surface area contributed by atoms with Gasteiger partial charge in [-0.2, -0.15) is 0 Å². The van der Waals surface area contributed by atoms with Crippen LogP contribution in [0.1, 0.15) is 12.8 Å². The second-order valence-corrected chi connectivity index (χ2v) is 5.81. The highest BCUT2D eigenvalue weighted by molar-refractivity contribution is 5.70. The van der Waals surface area contributed by atoms with Crippen LogP contribution >= 0.6 is 0 Å². The van der Waals surface area contributed by atoms with Gasteiger partial charge in [-0.15, -0.1) is 19.8 Å². The van der Waals surface area contributed by atoms with Crippen LogP contribution in [0, 0.1) is 5.92 Å². The number of alkyl halides is 3. The molecule has 0 amide bonds. The summed E-state index contributed by atoms with van der Waals surface area (Å²) in [5, 5.41) is 9.17. The number of carboxylic acid groups (broad SMARTS) is 1. The summed E-state index contributed by atoms with van der Waals surface area (Å²) in [5.74, 6) is -1.32. The summed E-state index contributed by atoms with van der Waals surface area (Å²) in [4.78, 5) is 11.2. The molecule has 2 rings (SSSR count). The van der Waals surface area contributed by atoms with E-state index in [9.17, 15) is 18.0 Å². The highest BCUT2D eigenvalue weighted by atomic mass is 19.4. The lowest BCUT2D eigenvalue weighted by Crippen LogP contribution is -2.21. The van der Waals surface area contributed by atoms with Crippen molar-refractivity contribution >= 4 is 5.97 Å². The number of hydrogen-bond acceptors (Lipinski definition) is 3. The second-order valence-electron chi connectivity index (χ2n) is 5.81. The quantitative estimate of drug-likeness (QED) is 0.600. The van der Waals surface area contributed by atoms with E-state index in [2.05, 4.69) is 11.3 Å². The molecule has 0 aliphatic carbocycles. The Hall–Kier alpha value is -2.96. The van der Waals surface area contributed by atoms with Gasteiger partial charge in [0.1, 0.15) is 18.1 Å². The fourth-order valence-electron chi connectivity index (χ4n) is 2.39. The fourth-order valence-corrected chi connectivity index (χ4v) is 2.39. The number of allylic oxidation sites excluding steroid dienone is 1. The predicted octanol–water partition coefficient (Wildman–Crippen LogP) is 5.30. The number of halogens is 3. The van der Waals surface area contributed by atoms with Crippen LogP contribution in [-0.4, -0.2) is 24.0 Å². The maximum absolute atomic E-state index is 12.2. The first-order valence-electron chi connectivity index (χ1n) is 8.21. The Kier molecular flexibility index (Phi) is 6.87. The maximum atomic E-state index is 12.2. The molecule has 0 aromatic heterocycles. The van der Waals surface area contributed by atoms with Crippen molar-refractivity contribution in [3.8, 4) is 22.6 Å². The molecular weight excluding hydrogens is 361 g/mol. The first-order chi connectivity index (χ1) is 12.8. The molecule has 0 saturated heterocycles. The van der Waals surface area contributed by atoms with Gasteiger partial charge in [0.15, 0.2) is 0 Å². The molecule has 27 heavy (non-hydrogen) atoms. The topological polar surface area (TPSA) is 55.8 Å². The van der Waals surface area contributed by atoms with Gasteiger partial charge < -0.3 is 14.6 Å². The van der Waals surface area contributed by atoms with E-state index in [1.807, 2.05) is 0 Å². The van der Waals surface area contributed by atoms with Gasteiger partial charge >= 0.3 is 12.3 Å². The maximum Gasteiger partial charge on any atom is 0.573 e. The van der Waals surface area contributed by atoms with Crippen LogP contribution in [-0.2, 0) is 4.79 Å². The van der Waals surface area contributed by atoms with Crippen LogP contribution in [0.3, 0.4) is 0 Å². The zero-order valence-corrected chi connectivity index (χ0v) is 14.4. The predicted molar refractivity (Wildman–Crippen MR) is 94.6 cm³/mol. The van der Waals surface area contributed by atoms with Crippen LogP contribution < -0.4 is 9.47 Å².